The number of hydrogen-bond acceptors (Lipinski definition) is 1. The number of hydrogen-bond donors (Lipinski definition) is 0. The van der Waals surface area contributed by atoms with E-state index in [2.05, 4.69) is 168 Å². The summed E-state index contributed by atoms with van der Waals surface area (Å²) in [5, 5.41) is 2.47. The molecule has 0 unspecified atom stereocenters. The summed E-state index contributed by atoms with van der Waals surface area (Å²) in [7, 11) is 0. The molecular weight excluding hydrogens is 538 g/mol. The van der Waals surface area contributed by atoms with Gasteiger partial charge in [0.05, 0.1) is 5.69 Å². The third-order valence-electron chi connectivity index (χ3n) is 8.14. The molecule has 0 heterocycles. The Morgan fingerprint density at radius 1 is 0.538 bits per heavy atom. The molecular formula is C37H28BrN. The van der Waals surface area contributed by atoms with Crippen LogP contribution in [-0.2, 0) is 5.41 Å². The molecule has 0 amide bonds. The van der Waals surface area contributed by atoms with Gasteiger partial charge in [-0.15, -0.1) is 0 Å². The van der Waals surface area contributed by atoms with E-state index in [1.165, 1.54) is 55.5 Å². The third kappa shape index (κ3) is 3.99. The van der Waals surface area contributed by atoms with Crippen molar-refractivity contribution in [3.8, 4) is 22.3 Å². The molecule has 1 aliphatic rings. The Morgan fingerprint density at radius 3 is 1.95 bits per heavy atom. The number of benzene rings is 6. The van der Waals surface area contributed by atoms with E-state index in [9.17, 15) is 0 Å². The molecule has 0 radical (unpaired) electrons. The molecule has 6 aromatic carbocycles. The van der Waals surface area contributed by atoms with Crippen LogP contribution in [0, 0.1) is 0 Å². The summed E-state index contributed by atoms with van der Waals surface area (Å²) < 4.78 is 1.09. The first kappa shape index (κ1) is 23.9. The van der Waals surface area contributed by atoms with E-state index < -0.39 is 0 Å². The highest BCUT2D eigenvalue weighted by Gasteiger charge is 2.35. The van der Waals surface area contributed by atoms with Gasteiger partial charge in [0.15, 0.2) is 0 Å². The highest BCUT2D eigenvalue weighted by atomic mass is 79.9. The topological polar surface area (TPSA) is 3.24 Å². The molecule has 0 N–H and O–H groups in total. The van der Waals surface area contributed by atoms with Crippen molar-refractivity contribution in [3.05, 3.63) is 149 Å². The first-order valence-electron chi connectivity index (χ1n) is 13.4. The zero-order valence-corrected chi connectivity index (χ0v) is 23.6. The average molecular weight is 567 g/mol. The maximum atomic E-state index is 3.55. The standard InChI is InChI=1S/C37H28BrN/c1-37(2)34-12-6-5-11-32(34)33-23-22-30(24-35(33)37)39(36-13-7-9-27-8-3-4-10-31(27)36)29-20-16-26(17-21-29)25-14-18-28(38)19-15-25/h3-24H,1-2H3. The molecule has 2 heteroatoms. The molecule has 188 valence electrons. The summed E-state index contributed by atoms with van der Waals surface area (Å²) in [5.74, 6) is 0. The van der Waals surface area contributed by atoms with Crippen LogP contribution in [0.1, 0.15) is 25.0 Å². The van der Waals surface area contributed by atoms with E-state index in [1.807, 2.05) is 0 Å². The van der Waals surface area contributed by atoms with E-state index >= 15 is 0 Å². The van der Waals surface area contributed by atoms with Crippen molar-refractivity contribution < 1.29 is 0 Å². The molecule has 39 heavy (non-hydrogen) atoms. The Bertz CT molecular complexity index is 1830. The van der Waals surface area contributed by atoms with Crippen LogP contribution in [0.25, 0.3) is 33.0 Å². The van der Waals surface area contributed by atoms with E-state index in [1.54, 1.807) is 0 Å². The van der Waals surface area contributed by atoms with Crippen LogP contribution in [0.3, 0.4) is 0 Å². The minimum atomic E-state index is -0.0577. The van der Waals surface area contributed by atoms with Crippen molar-refractivity contribution >= 4 is 43.8 Å². The molecule has 0 saturated heterocycles. The lowest BCUT2D eigenvalue weighted by Gasteiger charge is -2.29. The first-order valence-corrected chi connectivity index (χ1v) is 14.2. The molecule has 1 aliphatic carbocycles. The van der Waals surface area contributed by atoms with Crippen molar-refractivity contribution in [1.82, 2.24) is 0 Å². The van der Waals surface area contributed by atoms with E-state index in [4.69, 9.17) is 0 Å². The highest BCUT2D eigenvalue weighted by molar-refractivity contribution is 9.10. The predicted molar refractivity (Wildman–Crippen MR) is 169 cm³/mol. The number of halogens is 1. The SMILES string of the molecule is CC1(C)c2ccccc2-c2ccc(N(c3ccc(-c4ccc(Br)cc4)cc3)c3cccc4ccccc34)cc21. The Labute approximate surface area is 238 Å². The fraction of sp³-hybridized carbons (Fsp3) is 0.0811. The van der Waals surface area contributed by atoms with Crippen LogP contribution in [0.15, 0.2) is 138 Å². The van der Waals surface area contributed by atoms with Crippen LogP contribution in [0.4, 0.5) is 17.1 Å². The van der Waals surface area contributed by atoms with Gasteiger partial charge in [-0.3, -0.25) is 0 Å². The summed E-state index contributed by atoms with van der Waals surface area (Å²) in [6, 6.07) is 48.5. The lowest BCUT2D eigenvalue weighted by Crippen LogP contribution is -2.16. The van der Waals surface area contributed by atoms with Crippen molar-refractivity contribution in [3.63, 3.8) is 0 Å². The quantitative estimate of drug-likeness (QED) is 0.205. The average Bonchev–Trinajstić information content (AvgIpc) is 3.20. The number of rotatable bonds is 4. The highest BCUT2D eigenvalue weighted by Crippen LogP contribution is 2.51. The lowest BCUT2D eigenvalue weighted by atomic mass is 9.82. The molecule has 1 nitrogen and oxygen atoms in total. The maximum Gasteiger partial charge on any atom is 0.0540 e. The first-order chi connectivity index (χ1) is 19.0. The Hall–Kier alpha value is -4.14. The predicted octanol–water partition coefficient (Wildman–Crippen LogP) is 11.0. The van der Waals surface area contributed by atoms with Gasteiger partial charge in [-0.05, 0) is 81.2 Å². The molecule has 0 aliphatic heterocycles. The second kappa shape index (κ2) is 9.25. The van der Waals surface area contributed by atoms with Crippen LogP contribution < -0.4 is 4.90 Å². The Kier molecular flexibility index (Phi) is 5.68. The number of nitrogens with zero attached hydrogens (tertiary/aromatic N) is 1. The summed E-state index contributed by atoms with van der Waals surface area (Å²) >= 11 is 3.55. The molecule has 0 saturated carbocycles. The number of anilines is 3. The zero-order chi connectivity index (χ0) is 26.6. The van der Waals surface area contributed by atoms with Crippen LogP contribution in [0.5, 0.6) is 0 Å². The van der Waals surface area contributed by atoms with Gasteiger partial charge in [0.1, 0.15) is 0 Å². The van der Waals surface area contributed by atoms with E-state index in [0.717, 1.165) is 10.2 Å². The van der Waals surface area contributed by atoms with E-state index in [-0.39, 0.29) is 5.41 Å². The second-order valence-corrected chi connectivity index (χ2v) is 11.7. The van der Waals surface area contributed by atoms with Gasteiger partial charge in [-0.2, -0.15) is 0 Å². The fourth-order valence-electron chi connectivity index (χ4n) is 6.11. The number of fused-ring (bicyclic) bond motifs is 4. The molecule has 7 rings (SSSR count). The van der Waals surface area contributed by atoms with Crippen LogP contribution in [-0.4, -0.2) is 0 Å². The van der Waals surface area contributed by atoms with Crippen LogP contribution >= 0.6 is 15.9 Å². The Balaban J connectivity index is 1.40. The Morgan fingerprint density at radius 2 is 1.15 bits per heavy atom. The summed E-state index contributed by atoms with van der Waals surface area (Å²) in [5.41, 5.74) is 11.3. The van der Waals surface area contributed by atoms with Crippen LogP contribution in [0.2, 0.25) is 0 Å². The van der Waals surface area contributed by atoms with Gasteiger partial charge in [0, 0.05) is 26.6 Å². The largest absolute Gasteiger partial charge is 0.310 e. The van der Waals surface area contributed by atoms with Gasteiger partial charge >= 0.3 is 0 Å². The van der Waals surface area contributed by atoms with E-state index in [0.29, 0.717) is 0 Å². The molecule has 0 spiro atoms. The minimum absolute atomic E-state index is 0.0577. The molecule has 0 aromatic heterocycles. The summed E-state index contributed by atoms with van der Waals surface area (Å²) in [4.78, 5) is 2.41. The molecule has 0 atom stereocenters. The van der Waals surface area contributed by atoms with Gasteiger partial charge in [0.25, 0.3) is 0 Å². The maximum absolute atomic E-state index is 3.55. The molecule has 0 fully saturated rings. The monoisotopic (exact) mass is 565 g/mol. The normalized spacial score (nSPS) is 13.2. The van der Waals surface area contributed by atoms with Gasteiger partial charge in [-0.1, -0.05) is 121 Å². The molecule has 0 bridgehead atoms. The lowest BCUT2D eigenvalue weighted by molar-refractivity contribution is 0.660. The zero-order valence-electron chi connectivity index (χ0n) is 22.0. The molecule has 6 aromatic rings. The van der Waals surface area contributed by atoms with Gasteiger partial charge < -0.3 is 4.90 Å². The van der Waals surface area contributed by atoms with Crippen molar-refractivity contribution in [2.24, 2.45) is 0 Å². The minimum Gasteiger partial charge on any atom is -0.310 e. The second-order valence-electron chi connectivity index (χ2n) is 10.8. The van der Waals surface area contributed by atoms with Gasteiger partial charge in [-0.25, -0.2) is 0 Å². The fourth-order valence-corrected chi connectivity index (χ4v) is 6.37. The smallest absolute Gasteiger partial charge is 0.0540 e. The van der Waals surface area contributed by atoms with Crippen molar-refractivity contribution in [2.75, 3.05) is 4.90 Å². The van der Waals surface area contributed by atoms with Gasteiger partial charge in [0.2, 0.25) is 0 Å². The third-order valence-corrected chi connectivity index (χ3v) is 8.66. The van der Waals surface area contributed by atoms with Crippen molar-refractivity contribution in [2.45, 2.75) is 19.3 Å². The van der Waals surface area contributed by atoms with Crippen molar-refractivity contribution in [1.29, 1.82) is 0 Å². The summed E-state index contributed by atoms with van der Waals surface area (Å²) in [6.45, 7) is 4.69. The summed E-state index contributed by atoms with van der Waals surface area (Å²) in [6.07, 6.45) is 0.